The number of nitrogen functional groups attached to an aromatic ring is 1. The molecular weight excluding hydrogens is 1470 g/mol. The van der Waals surface area contributed by atoms with Gasteiger partial charge in [0, 0.05) is 67.5 Å². The molecule has 2 bridgehead atoms. The van der Waals surface area contributed by atoms with Crippen LogP contribution >= 0.6 is 0 Å². The lowest BCUT2D eigenvalue weighted by atomic mass is 9.49. The van der Waals surface area contributed by atoms with E-state index >= 15 is 4.79 Å². The average Bonchev–Trinajstić information content (AvgIpc) is 1.54. The van der Waals surface area contributed by atoms with E-state index in [0.29, 0.717) is 88.4 Å². The first-order valence-electron chi connectivity index (χ1n) is 38.5. The largest absolute Gasteiger partial charge is 0.493 e. The molecule has 7 amide bonds. The number of fused-ring (bicyclic) bond motifs is 2. The second-order valence-corrected chi connectivity index (χ2v) is 32.1. The molecule has 6 aliphatic rings. The van der Waals surface area contributed by atoms with E-state index in [4.69, 9.17) is 49.7 Å². The predicted octanol–water partition coefficient (Wildman–Crippen LogP) is 8.26. The van der Waals surface area contributed by atoms with Crippen LogP contribution in [0.2, 0.25) is 0 Å². The summed E-state index contributed by atoms with van der Waals surface area (Å²) in [5.74, 6) is -0.798. The molecule has 113 heavy (non-hydrogen) atoms. The number of nitrogens with zero attached hydrogens (tertiary/aromatic N) is 1. The third kappa shape index (κ3) is 18.7. The summed E-state index contributed by atoms with van der Waals surface area (Å²) in [6.45, 7) is 9.88. The number of hydrogen-bond donors (Lipinski definition) is 11. The Balaban J connectivity index is 0.678. The Morgan fingerprint density at radius 1 is 0.743 bits per heavy atom. The standard InChI is InChI=1S/C83H100N12O17S/c1-47-48(2)72(49(3)62-43-82(5,6)112-70(47)62)113(104,105)94-79(86)89-35-14-19-64(92-68(97)45-90-50(4)96)77(100)91-44-59-41-58(32-37-95(59)81(103)110-67-31-29-63-55-17-13-33-83(63)69-56(40-55)25-30-66(106-7)71(69)111-73(67)83)75(98)87-34-12-11-18-65(93-80(102)108-46-51-15-9-8-10-16-51)76(99)88-36-38-107-60-26-22-52(23-27-60)78(101)109-61-28-24-53-39-57(74(84)85)21-20-54(53)42-61/h8-10,15-16,20-28,30-31,39,42,55,58-59,63-65,73H,11-14,17-19,29,32-38,40-41,43-46H2,1-7H3,(H3,84,85)(H,87,98)(H,88,99)(H,90,96)(H,91,100)(H,92,97)(H,93,102)(H3,86,89,94)/t55-,58?,59?,63+,64-,65?,73+,83+/m1/s1. The van der Waals surface area contributed by atoms with Gasteiger partial charge in [0.05, 0.1) is 36.7 Å². The zero-order valence-corrected chi connectivity index (χ0v) is 65.5. The Kier molecular flexibility index (Phi) is 25.2. The topological polar surface area (TPSA) is 409 Å². The fourth-order valence-corrected chi connectivity index (χ4v) is 18.3. The van der Waals surface area contributed by atoms with Gasteiger partial charge >= 0.3 is 18.2 Å². The summed E-state index contributed by atoms with van der Waals surface area (Å²) in [6, 6.07) is 26.7. The average molecular weight is 1570 g/mol. The van der Waals surface area contributed by atoms with Gasteiger partial charge in [-0.15, -0.1) is 0 Å². The van der Waals surface area contributed by atoms with Crippen LogP contribution in [-0.4, -0.2) is 156 Å². The van der Waals surface area contributed by atoms with E-state index in [1.165, 1.54) is 17.4 Å². The number of nitrogens with one attached hydrogen (secondary N) is 10. The number of allylic oxidation sites excluding steroid dienone is 1. The first-order valence-corrected chi connectivity index (χ1v) is 40.0. The van der Waals surface area contributed by atoms with E-state index in [1.807, 2.05) is 44.2 Å². The van der Waals surface area contributed by atoms with Crippen molar-refractivity contribution in [3.8, 4) is 28.7 Å². The molecule has 0 radical (unpaired) electrons. The van der Waals surface area contributed by atoms with Crippen molar-refractivity contribution in [2.45, 2.75) is 172 Å². The highest BCUT2D eigenvalue weighted by atomic mass is 32.2. The van der Waals surface area contributed by atoms with Crippen molar-refractivity contribution >= 4 is 80.3 Å². The summed E-state index contributed by atoms with van der Waals surface area (Å²) < 4.78 is 72.8. The molecule has 6 aromatic carbocycles. The molecule has 3 heterocycles. The highest BCUT2D eigenvalue weighted by molar-refractivity contribution is 7.90. The van der Waals surface area contributed by atoms with Crippen molar-refractivity contribution in [3.05, 3.63) is 165 Å². The maximum absolute atomic E-state index is 15.0. The quantitative estimate of drug-likeness (QED) is 0.00641. The van der Waals surface area contributed by atoms with Gasteiger partial charge in [0.1, 0.15) is 59.7 Å². The number of esters is 1. The van der Waals surface area contributed by atoms with Gasteiger partial charge in [0.25, 0.3) is 10.0 Å². The number of carbonyl (C=O) groups is 8. The van der Waals surface area contributed by atoms with Gasteiger partial charge in [-0.1, -0.05) is 61.0 Å². The number of amides is 7. The SMILES string of the molecule is COc1ccc2c3c1O[C@H]1C(OC(=O)N4CCC(C(=O)NCCCCC(NC(=O)OCc5ccccc5)C(=O)NCCOc5ccc(C(=O)Oc6ccc7cc(C(=N)N)ccc7c6)cc5)CC4CNC(=O)[C@@H](CCCNC(=N)NS(=O)(=O)c4c(C)c(C)c5c(c4C)CC(C)(C)O5)NC(=O)CNC(C)=O)=CC[C@H]4[C@H](CCC[C@]314)C2. The predicted molar refractivity (Wildman–Crippen MR) is 419 cm³/mol. The number of guanidine groups is 1. The van der Waals surface area contributed by atoms with Crippen LogP contribution in [0.4, 0.5) is 9.59 Å². The Labute approximate surface area is 656 Å². The molecule has 1 spiro atoms. The number of nitrogens with two attached hydrogens (primary N) is 1. The molecule has 6 aromatic rings. The fraction of sp³-hybridized carbons (Fsp3) is 0.446. The molecule has 8 atom stereocenters. The van der Waals surface area contributed by atoms with Crippen molar-refractivity contribution in [1.82, 2.24) is 46.8 Å². The Bertz CT molecular complexity index is 4820. The first kappa shape index (κ1) is 81.1. The first-order chi connectivity index (χ1) is 54.1. The number of hydrogen-bond acceptors (Lipinski definition) is 19. The highest BCUT2D eigenvalue weighted by Gasteiger charge is 2.64. The number of methoxy groups -OCH3 is 1. The highest BCUT2D eigenvalue weighted by Crippen LogP contribution is 2.66. The normalized spacial score (nSPS) is 19.8. The van der Waals surface area contributed by atoms with Gasteiger partial charge < -0.3 is 81.0 Å². The molecule has 29 nitrogen and oxygen atoms in total. The molecule has 3 aliphatic heterocycles. The molecular formula is C83H100N12O17S. The van der Waals surface area contributed by atoms with E-state index in [0.717, 1.165) is 53.1 Å². The molecule has 3 unspecified atom stereocenters. The van der Waals surface area contributed by atoms with Gasteiger partial charge in [0.15, 0.2) is 17.6 Å². The van der Waals surface area contributed by atoms with Crippen molar-refractivity contribution < 1.29 is 79.9 Å². The van der Waals surface area contributed by atoms with E-state index in [-0.39, 0.29) is 106 Å². The van der Waals surface area contributed by atoms with E-state index in [9.17, 15) is 42.0 Å². The number of piperidine rings is 1. The molecule has 2 fully saturated rings. The minimum absolute atomic E-state index is 0.0184. The summed E-state index contributed by atoms with van der Waals surface area (Å²) in [5, 5.41) is 37.4. The minimum Gasteiger partial charge on any atom is -0.493 e. The number of ether oxygens (including phenoxy) is 7. The summed E-state index contributed by atoms with van der Waals surface area (Å²) in [5.41, 5.74) is 11.1. The van der Waals surface area contributed by atoms with Crippen LogP contribution in [0.1, 0.15) is 146 Å². The molecule has 12 rings (SSSR count). The van der Waals surface area contributed by atoms with Gasteiger partial charge in [-0.25, -0.2) is 27.5 Å². The molecule has 1 saturated heterocycles. The van der Waals surface area contributed by atoms with Gasteiger partial charge in [-0.05, 0) is 210 Å². The number of amidine groups is 1. The number of unbranched alkanes of at least 4 members (excludes halogenated alkanes) is 1. The monoisotopic (exact) mass is 1570 g/mol. The Morgan fingerprint density at radius 3 is 2.22 bits per heavy atom. The van der Waals surface area contributed by atoms with E-state index in [2.05, 4.69) is 48.0 Å². The number of likely N-dealkylation sites (tertiary alicyclic amines) is 1. The second-order valence-electron chi connectivity index (χ2n) is 30.5. The van der Waals surface area contributed by atoms with E-state index < -0.39 is 105 Å². The van der Waals surface area contributed by atoms with Gasteiger partial charge in [-0.2, -0.15) is 0 Å². The van der Waals surface area contributed by atoms with Crippen LogP contribution in [0.5, 0.6) is 28.7 Å². The fourth-order valence-electron chi connectivity index (χ4n) is 16.8. The van der Waals surface area contributed by atoms with Crippen LogP contribution < -0.4 is 71.4 Å². The Hall–Kier alpha value is -11.4. The molecule has 3 aliphatic carbocycles. The smallest absolute Gasteiger partial charge is 0.415 e. The molecule has 0 aromatic heterocycles. The third-order valence-corrected chi connectivity index (χ3v) is 24.0. The van der Waals surface area contributed by atoms with Crippen LogP contribution in [0.3, 0.4) is 0 Å². The maximum Gasteiger partial charge on any atom is 0.415 e. The lowest BCUT2D eigenvalue weighted by molar-refractivity contribution is -0.130. The third-order valence-electron chi connectivity index (χ3n) is 22.4. The van der Waals surface area contributed by atoms with Crippen LogP contribution in [-0.2, 0) is 68.3 Å². The van der Waals surface area contributed by atoms with Gasteiger partial charge in [0.2, 0.25) is 35.5 Å². The van der Waals surface area contributed by atoms with Gasteiger partial charge in [-0.3, -0.25) is 34.8 Å². The lowest BCUT2D eigenvalue weighted by Crippen LogP contribution is -2.57. The van der Waals surface area contributed by atoms with Crippen molar-refractivity contribution in [2.75, 3.05) is 53.0 Å². The minimum atomic E-state index is -4.28. The zero-order valence-electron chi connectivity index (χ0n) is 64.7. The molecule has 12 N–H and O–H groups in total. The van der Waals surface area contributed by atoms with Crippen LogP contribution in [0.25, 0.3) is 10.8 Å². The van der Waals surface area contributed by atoms with Crippen LogP contribution in [0, 0.1) is 49.3 Å². The van der Waals surface area contributed by atoms with E-state index in [1.54, 1.807) is 101 Å². The number of sulfonamides is 1. The zero-order chi connectivity index (χ0) is 80.5. The number of rotatable bonds is 31. The second kappa shape index (κ2) is 35.1. The summed E-state index contributed by atoms with van der Waals surface area (Å²) >= 11 is 0. The summed E-state index contributed by atoms with van der Waals surface area (Å²) in [4.78, 5) is 111. The maximum atomic E-state index is 15.0. The van der Waals surface area contributed by atoms with Crippen LogP contribution in [0.15, 0.2) is 120 Å². The summed E-state index contributed by atoms with van der Waals surface area (Å²) in [7, 11) is -2.67. The number of benzene rings is 6. The molecule has 1 saturated carbocycles. The molecule has 600 valence electrons. The Morgan fingerprint density at radius 2 is 1.46 bits per heavy atom. The molecule has 30 heteroatoms. The summed E-state index contributed by atoms with van der Waals surface area (Å²) in [6.07, 6.45) is 6.03. The van der Waals surface area contributed by atoms with Crippen molar-refractivity contribution in [3.63, 3.8) is 0 Å². The number of carbonyl (C=O) groups excluding carboxylic acids is 8. The van der Waals surface area contributed by atoms with Crippen molar-refractivity contribution in [1.29, 1.82) is 10.8 Å². The number of alkyl carbamates (subject to hydrolysis) is 1. The van der Waals surface area contributed by atoms with Crippen molar-refractivity contribution in [2.24, 2.45) is 23.5 Å². The lowest BCUT2D eigenvalue weighted by Gasteiger charge is -2.53.